The fraction of sp³-hybridized carbons (Fsp3) is 0.429. The molecule has 0 aliphatic carbocycles. The van der Waals surface area contributed by atoms with Crippen LogP contribution in [0.15, 0.2) is 29.2 Å². The highest BCUT2D eigenvalue weighted by Crippen LogP contribution is 2.12. The zero-order chi connectivity index (χ0) is 15.0. The third-order valence-corrected chi connectivity index (χ3v) is 5.12. The molecule has 6 heteroatoms. The molecular formula is C14H19NO3S2. The van der Waals surface area contributed by atoms with E-state index >= 15 is 0 Å². The zero-order valence-electron chi connectivity index (χ0n) is 11.6. The number of sulfonamides is 1. The molecule has 0 heterocycles. The van der Waals surface area contributed by atoms with E-state index in [9.17, 15) is 8.42 Å². The van der Waals surface area contributed by atoms with Crippen LogP contribution < -0.4 is 4.72 Å². The van der Waals surface area contributed by atoms with Gasteiger partial charge in [-0.25, -0.2) is 13.1 Å². The lowest BCUT2D eigenvalue weighted by molar-refractivity contribution is 0.350. The first-order valence-corrected chi connectivity index (χ1v) is 8.93. The number of hydrogen-bond donors (Lipinski definition) is 2. The number of thioether (sulfide) groups is 1. The van der Waals surface area contributed by atoms with Crippen LogP contribution >= 0.6 is 11.8 Å². The van der Waals surface area contributed by atoms with Crippen LogP contribution in [0.5, 0.6) is 0 Å². The largest absolute Gasteiger partial charge is 0.384 e. The molecule has 1 atom stereocenters. The van der Waals surface area contributed by atoms with Crippen molar-refractivity contribution in [3.8, 4) is 11.8 Å². The van der Waals surface area contributed by atoms with Crippen molar-refractivity contribution in [1.29, 1.82) is 0 Å². The summed E-state index contributed by atoms with van der Waals surface area (Å²) in [6.07, 6.45) is 0. The van der Waals surface area contributed by atoms with Gasteiger partial charge >= 0.3 is 0 Å². The Kier molecular flexibility index (Phi) is 7.10. The molecule has 4 nitrogen and oxygen atoms in total. The molecule has 1 rings (SSSR count). The summed E-state index contributed by atoms with van der Waals surface area (Å²) in [7, 11) is -3.53. The Hall–Kier alpha value is -1.00. The summed E-state index contributed by atoms with van der Waals surface area (Å²) >= 11 is 1.69. The van der Waals surface area contributed by atoms with Crippen molar-refractivity contribution in [3.63, 3.8) is 0 Å². The van der Waals surface area contributed by atoms with Gasteiger partial charge in [-0.2, -0.15) is 11.8 Å². The van der Waals surface area contributed by atoms with Gasteiger partial charge in [0, 0.05) is 17.4 Å². The van der Waals surface area contributed by atoms with Crippen LogP contribution in [0.2, 0.25) is 0 Å². The van der Waals surface area contributed by atoms with Gasteiger partial charge in [0.25, 0.3) is 0 Å². The first-order chi connectivity index (χ1) is 9.49. The van der Waals surface area contributed by atoms with E-state index in [0.717, 1.165) is 11.5 Å². The number of benzene rings is 1. The molecule has 2 N–H and O–H groups in total. The number of aliphatic hydroxyl groups is 1. The molecule has 0 fully saturated rings. The van der Waals surface area contributed by atoms with E-state index in [1.165, 1.54) is 12.1 Å². The Labute approximate surface area is 125 Å². The highest BCUT2D eigenvalue weighted by atomic mass is 32.2. The predicted molar refractivity (Wildman–Crippen MR) is 83.2 cm³/mol. The molecule has 0 spiro atoms. The second-order valence-electron chi connectivity index (χ2n) is 4.17. The molecule has 1 aromatic carbocycles. The minimum Gasteiger partial charge on any atom is -0.384 e. The quantitative estimate of drug-likeness (QED) is 0.780. The van der Waals surface area contributed by atoms with Crippen molar-refractivity contribution in [2.24, 2.45) is 0 Å². The minimum atomic E-state index is -3.53. The van der Waals surface area contributed by atoms with E-state index in [1.807, 2.05) is 13.8 Å². The van der Waals surface area contributed by atoms with Gasteiger partial charge in [0.05, 0.1) is 4.90 Å². The van der Waals surface area contributed by atoms with Gasteiger partial charge in [-0.05, 0) is 30.9 Å². The highest BCUT2D eigenvalue weighted by molar-refractivity contribution is 7.99. The van der Waals surface area contributed by atoms with E-state index in [2.05, 4.69) is 16.6 Å². The SMILES string of the molecule is CCSCC(C)NS(=O)(=O)c1cccc(C#CCO)c1. The van der Waals surface area contributed by atoms with Crippen molar-refractivity contribution in [1.82, 2.24) is 4.72 Å². The van der Waals surface area contributed by atoms with Gasteiger partial charge in [0.1, 0.15) is 6.61 Å². The number of rotatable bonds is 6. The van der Waals surface area contributed by atoms with Crippen LogP contribution in [0.1, 0.15) is 19.4 Å². The summed E-state index contributed by atoms with van der Waals surface area (Å²) in [6, 6.07) is 6.26. The van der Waals surface area contributed by atoms with Gasteiger partial charge in [0.2, 0.25) is 10.0 Å². The maximum Gasteiger partial charge on any atom is 0.240 e. The second-order valence-corrected chi connectivity index (χ2v) is 7.20. The van der Waals surface area contributed by atoms with Crippen LogP contribution in [0.3, 0.4) is 0 Å². The van der Waals surface area contributed by atoms with Crippen molar-refractivity contribution in [2.75, 3.05) is 18.1 Å². The van der Waals surface area contributed by atoms with Crippen molar-refractivity contribution < 1.29 is 13.5 Å². The molecule has 0 amide bonds. The lowest BCUT2D eigenvalue weighted by Crippen LogP contribution is -2.34. The van der Waals surface area contributed by atoms with E-state index in [1.54, 1.807) is 23.9 Å². The third-order valence-electron chi connectivity index (χ3n) is 2.38. The fourth-order valence-electron chi connectivity index (χ4n) is 1.54. The third kappa shape index (κ3) is 5.55. The van der Waals surface area contributed by atoms with E-state index in [4.69, 9.17) is 5.11 Å². The Morgan fingerprint density at radius 1 is 1.45 bits per heavy atom. The Morgan fingerprint density at radius 2 is 2.20 bits per heavy atom. The van der Waals surface area contributed by atoms with Gasteiger partial charge in [-0.1, -0.05) is 24.8 Å². The van der Waals surface area contributed by atoms with Crippen LogP contribution in [0.4, 0.5) is 0 Å². The van der Waals surface area contributed by atoms with Gasteiger partial charge in [-0.15, -0.1) is 0 Å². The molecule has 0 saturated carbocycles. The van der Waals surface area contributed by atoms with Gasteiger partial charge in [0.15, 0.2) is 0 Å². The average molecular weight is 313 g/mol. The minimum absolute atomic E-state index is 0.128. The monoisotopic (exact) mass is 313 g/mol. The number of nitrogens with one attached hydrogen (secondary N) is 1. The molecule has 0 aromatic heterocycles. The second kappa shape index (κ2) is 8.32. The smallest absolute Gasteiger partial charge is 0.240 e. The predicted octanol–water partition coefficient (Wildman–Crippen LogP) is 1.45. The first kappa shape index (κ1) is 17.1. The molecule has 0 radical (unpaired) electrons. The summed E-state index contributed by atoms with van der Waals surface area (Å²) in [4.78, 5) is 0.190. The lowest BCUT2D eigenvalue weighted by Gasteiger charge is -2.13. The molecule has 20 heavy (non-hydrogen) atoms. The van der Waals surface area contributed by atoms with Crippen molar-refractivity contribution in [2.45, 2.75) is 24.8 Å². The van der Waals surface area contributed by atoms with Crippen LogP contribution in [-0.4, -0.2) is 37.7 Å². The Morgan fingerprint density at radius 3 is 2.85 bits per heavy atom. The Bertz CT molecular complexity index is 588. The number of aliphatic hydroxyl groups excluding tert-OH is 1. The average Bonchev–Trinajstić information content (AvgIpc) is 2.42. The van der Waals surface area contributed by atoms with Crippen molar-refractivity contribution >= 4 is 21.8 Å². The van der Waals surface area contributed by atoms with Gasteiger partial charge < -0.3 is 5.11 Å². The lowest BCUT2D eigenvalue weighted by atomic mass is 10.2. The molecule has 0 saturated heterocycles. The van der Waals surface area contributed by atoms with Crippen LogP contribution in [-0.2, 0) is 10.0 Å². The summed E-state index contributed by atoms with van der Waals surface area (Å²) in [5, 5.41) is 8.65. The summed E-state index contributed by atoms with van der Waals surface area (Å²) in [6.45, 7) is 3.63. The maximum atomic E-state index is 12.2. The van der Waals surface area contributed by atoms with E-state index in [0.29, 0.717) is 5.56 Å². The molecule has 0 aliphatic rings. The highest BCUT2D eigenvalue weighted by Gasteiger charge is 2.17. The standard InChI is InChI=1S/C14H19NO3S2/c1-3-19-11-12(2)15-20(17,18)14-8-4-6-13(10-14)7-5-9-16/h4,6,8,10,12,15-16H,3,9,11H2,1-2H3. The number of hydrogen-bond acceptors (Lipinski definition) is 4. The van der Waals surface area contributed by atoms with Crippen LogP contribution in [0.25, 0.3) is 0 Å². The molecule has 1 aromatic rings. The summed E-state index contributed by atoms with van der Waals surface area (Å²) in [5.41, 5.74) is 0.567. The first-order valence-electron chi connectivity index (χ1n) is 6.29. The molecule has 110 valence electrons. The molecule has 0 bridgehead atoms. The normalized spacial score (nSPS) is 12.6. The summed E-state index contributed by atoms with van der Waals surface area (Å²) < 4.78 is 27.1. The molecule has 0 aliphatic heterocycles. The summed E-state index contributed by atoms with van der Waals surface area (Å²) in [5.74, 6) is 6.89. The topological polar surface area (TPSA) is 66.4 Å². The zero-order valence-corrected chi connectivity index (χ0v) is 13.2. The molecular weight excluding hydrogens is 294 g/mol. The van der Waals surface area contributed by atoms with Gasteiger partial charge in [-0.3, -0.25) is 0 Å². The van der Waals surface area contributed by atoms with E-state index in [-0.39, 0.29) is 17.5 Å². The van der Waals surface area contributed by atoms with E-state index < -0.39 is 10.0 Å². The Balaban J connectivity index is 2.87. The van der Waals surface area contributed by atoms with Crippen LogP contribution in [0, 0.1) is 11.8 Å². The van der Waals surface area contributed by atoms with Crippen molar-refractivity contribution in [3.05, 3.63) is 29.8 Å². The fourth-order valence-corrected chi connectivity index (χ4v) is 3.61. The molecule has 1 unspecified atom stereocenters. The maximum absolute atomic E-state index is 12.2.